The van der Waals surface area contributed by atoms with Gasteiger partial charge in [-0.25, -0.2) is 9.98 Å². The molecule has 0 saturated carbocycles. The molecule has 13 rings (SSSR count). The lowest BCUT2D eigenvalue weighted by Gasteiger charge is -2.16. The largest absolute Gasteiger partial charge is 0.309 e. The Balaban J connectivity index is 0.893. The van der Waals surface area contributed by atoms with Crippen LogP contribution in [0.1, 0.15) is 16.7 Å². The number of aliphatic imine (C=N–C) groups is 3. The third kappa shape index (κ3) is 8.15. The zero-order chi connectivity index (χ0) is 49.4. The molecule has 0 aliphatic carbocycles. The van der Waals surface area contributed by atoms with E-state index in [-0.39, 0.29) is 0 Å². The molecular weight excluding hydrogens is 897 g/mol. The molecule has 1 heterocycles. The fourth-order valence-corrected chi connectivity index (χ4v) is 10.8. The molecular formula is C70H48N4. The number of hydrogen-bond donors (Lipinski definition) is 0. The second kappa shape index (κ2) is 19.1. The molecule has 0 bridgehead atoms. The minimum absolute atomic E-state index is 0.470. The van der Waals surface area contributed by atoms with Crippen molar-refractivity contribution in [2.75, 3.05) is 0 Å². The van der Waals surface area contributed by atoms with Crippen molar-refractivity contribution in [3.8, 4) is 50.2 Å². The summed E-state index contributed by atoms with van der Waals surface area (Å²) in [5.41, 5.74) is 15.7. The molecule has 0 aliphatic heterocycles. The predicted octanol–water partition coefficient (Wildman–Crippen LogP) is 18.0. The molecule has 0 aliphatic rings. The Morgan fingerprint density at radius 2 is 0.838 bits per heavy atom. The molecule has 0 fully saturated rings. The van der Waals surface area contributed by atoms with E-state index in [0.717, 1.165) is 33.5 Å². The first kappa shape index (κ1) is 44.2. The normalized spacial score (nSPS) is 12.1. The lowest BCUT2D eigenvalue weighted by Crippen LogP contribution is -2.05. The molecule has 348 valence electrons. The van der Waals surface area contributed by atoms with Crippen LogP contribution in [0.5, 0.6) is 0 Å². The standard InChI is InChI=1S/C70H48N4/c1-71-69(73-70(52-21-9-4-10-22-52)72-46-47-31-33-50(34-32-47)48-17-5-2-6-18-48)56-24-15-23-53(43-56)54-37-42-64-65(44-54)60-26-12-11-25-59(60)63-29-16-28-58(68(63)64)55-38-41-62-61-27-13-14-30-66(61)74(67(62)45-55)57-39-35-51(36-40-57)49-19-7-3-8-20-49/h2-45H,1,46H2. The summed E-state index contributed by atoms with van der Waals surface area (Å²) in [5, 5.41) is 9.78. The maximum atomic E-state index is 5.12. The number of aromatic nitrogens is 1. The van der Waals surface area contributed by atoms with Crippen molar-refractivity contribution in [1.29, 1.82) is 0 Å². The first-order valence-electron chi connectivity index (χ1n) is 25.1. The highest BCUT2D eigenvalue weighted by Crippen LogP contribution is 2.43. The Kier molecular flexibility index (Phi) is 11.4. The van der Waals surface area contributed by atoms with Gasteiger partial charge in [0.05, 0.1) is 17.6 Å². The maximum absolute atomic E-state index is 5.12. The van der Waals surface area contributed by atoms with E-state index in [1.807, 2.05) is 42.5 Å². The van der Waals surface area contributed by atoms with Crippen LogP contribution < -0.4 is 0 Å². The van der Waals surface area contributed by atoms with E-state index in [2.05, 4.69) is 241 Å². The van der Waals surface area contributed by atoms with Gasteiger partial charge in [0.15, 0.2) is 11.7 Å². The highest BCUT2D eigenvalue weighted by Gasteiger charge is 2.18. The molecule has 1 aromatic heterocycles. The van der Waals surface area contributed by atoms with Gasteiger partial charge in [0, 0.05) is 27.6 Å². The van der Waals surface area contributed by atoms with Crippen molar-refractivity contribution in [1.82, 2.24) is 4.57 Å². The Bertz CT molecular complexity index is 4300. The number of benzene rings is 12. The number of hydrogen-bond acceptors (Lipinski definition) is 1. The van der Waals surface area contributed by atoms with E-state index in [0.29, 0.717) is 18.2 Å². The van der Waals surface area contributed by atoms with Gasteiger partial charge in [-0.15, -0.1) is 0 Å². The smallest absolute Gasteiger partial charge is 0.161 e. The van der Waals surface area contributed by atoms with Crippen LogP contribution in [0.3, 0.4) is 0 Å². The van der Waals surface area contributed by atoms with Gasteiger partial charge in [-0.05, 0) is 126 Å². The molecule has 0 saturated heterocycles. The van der Waals surface area contributed by atoms with Crippen LogP contribution in [0.15, 0.2) is 282 Å². The summed E-state index contributed by atoms with van der Waals surface area (Å²) in [6, 6.07) is 95.4. The molecule has 74 heavy (non-hydrogen) atoms. The van der Waals surface area contributed by atoms with Crippen LogP contribution >= 0.6 is 0 Å². The first-order valence-corrected chi connectivity index (χ1v) is 25.1. The van der Waals surface area contributed by atoms with Crippen LogP contribution in [0.4, 0.5) is 0 Å². The van der Waals surface area contributed by atoms with Gasteiger partial charge in [-0.1, -0.05) is 231 Å². The summed E-state index contributed by atoms with van der Waals surface area (Å²) in [5.74, 6) is 1.11. The van der Waals surface area contributed by atoms with E-state index in [4.69, 9.17) is 9.98 Å². The van der Waals surface area contributed by atoms with Crippen LogP contribution in [-0.4, -0.2) is 23.0 Å². The summed E-state index contributed by atoms with van der Waals surface area (Å²) in [6.07, 6.45) is 0. The second-order valence-electron chi connectivity index (χ2n) is 18.8. The quantitative estimate of drug-likeness (QED) is 0.0786. The van der Waals surface area contributed by atoms with Crippen molar-refractivity contribution in [3.63, 3.8) is 0 Å². The van der Waals surface area contributed by atoms with Gasteiger partial charge in [0.1, 0.15) is 0 Å². The fourth-order valence-electron chi connectivity index (χ4n) is 10.8. The fraction of sp³-hybridized carbons (Fsp3) is 0.0143. The van der Waals surface area contributed by atoms with Crippen molar-refractivity contribution >= 4 is 72.5 Å². The molecule has 0 N–H and O–H groups in total. The van der Waals surface area contributed by atoms with E-state index in [1.165, 1.54) is 87.5 Å². The molecule has 0 spiro atoms. The molecule has 0 amide bonds. The van der Waals surface area contributed by atoms with Gasteiger partial charge in [-0.3, -0.25) is 4.99 Å². The van der Waals surface area contributed by atoms with Crippen molar-refractivity contribution < 1.29 is 0 Å². The lowest BCUT2D eigenvalue weighted by molar-refractivity contribution is 1.06. The third-order valence-electron chi connectivity index (χ3n) is 14.4. The number of rotatable bonds is 9. The van der Waals surface area contributed by atoms with E-state index in [1.54, 1.807) is 0 Å². The molecule has 4 heteroatoms. The second-order valence-corrected chi connectivity index (χ2v) is 18.8. The number of fused-ring (bicyclic) bond motifs is 9. The van der Waals surface area contributed by atoms with Gasteiger partial charge in [-0.2, -0.15) is 0 Å². The number of para-hydroxylation sites is 1. The van der Waals surface area contributed by atoms with Crippen LogP contribution in [0.2, 0.25) is 0 Å². The first-order chi connectivity index (χ1) is 36.6. The summed E-state index contributed by atoms with van der Waals surface area (Å²) in [4.78, 5) is 14.7. The minimum Gasteiger partial charge on any atom is -0.309 e. The molecule has 0 unspecified atom stereocenters. The minimum atomic E-state index is 0.470. The topological polar surface area (TPSA) is 42.0 Å². The molecule has 13 aromatic rings. The third-order valence-corrected chi connectivity index (χ3v) is 14.4. The van der Waals surface area contributed by atoms with Gasteiger partial charge in [0.25, 0.3) is 0 Å². The lowest BCUT2D eigenvalue weighted by atomic mass is 9.88. The Hall–Kier alpha value is -9.77. The Labute approximate surface area is 430 Å². The zero-order valence-electron chi connectivity index (χ0n) is 40.6. The Morgan fingerprint density at radius 3 is 1.55 bits per heavy atom. The van der Waals surface area contributed by atoms with Gasteiger partial charge >= 0.3 is 0 Å². The summed E-state index contributed by atoms with van der Waals surface area (Å²) in [6.45, 7) is 4.47. The van der Waals surface area contributed by atoms with Crippen molar-refractivity contribution in [2.24, 2.45) is 15.0 Å². The maximum Gasteiger partial charge on any atom is 0.161 e. The molecule has 12 aromatic carbocycles. The number of amidine groups is 2. The van der Waals surface area contributed by atoms with Crippen molar-refractivity contribution in [3.05, 3.63) is 284 Å². The van der Waals surface area contributed by atoms with Crippen LogP contribution in [0, 0.1) is 0 Å². The van der Waals surface area contributed by atoms with Crippen LogP contribution in [-0.2, 0) is 6.54 Å². The van der Waals surface area contributed by atoms with Crippen molar-refractivity contribution in [2.45, 2.75) is 6.54 Å². The van der Waals surface area contributed by atoms with Gasteiger partial charge < -0.3 is 4.57 Å². The van der Waals surface area contributed by atoms with E-state index in [9.17, 15) is 0 Å². The van der Waals surface area contributed by atoms with Gasteiger partial charge in [0.2, 0.25) is 0 Å². The monoisotopic (exact) mass is 944 g/mol. The Morgan fingerprint density at radius 1 is 0.338 bits per heavy atom. The molecule has 0 atom stereocenters. The van der Waals surface area contributed by atoms with Crippen LogP contribution in [0.25, 0.3) is 104 Å². The SMILES string of the molecule is C=NC(=NC(=NCc1ccc(-c2ccccc2)cc1)c1ccccc1)c1cccc(-c2ccc3c(c2)c2ccccc2c2cccc(-c4ccc5c6ccccc6n(-c6ccc(-c7ccccc7)cc6)c5c4)c23)c1. The highest BCUT2D eigenvalue weighted by atomic mass is 15.0. The van der Waals surface area contributed by atoms with E-state index >= 15 is 0 Å². The molecule has 0 radical (unpaired) electrons. The van der Waals surface area contributed by atoms with E-state index < -0.39 is 0 Å². The number of nitrogens with zero attached hydrogens (tertiary/aromatic N) is 4. The predicted molar refractivity (Wildman–Crippen MR) is 314 cm³/mol. The zero-order valence-corrected chi connectivity index (χ0v) is 40.6. The summed E-state index contributed by atoms with van der Waals surface area (Å²) >= 11 is 0. The highest BCUT2D eigenvalue weighted by molar-refractivity contribution is 6.29. The molecule has 4 nitrogen and oxygen atoms in total. The summed E-state index contributed by atoms with van der Waals surface area (Å²) in [7, 11) is 0. The average molecular weight is 945 g/mol. The average Bonchev–Trinajstić information content (AvgIpc) is 3.85. The summed E-state index contributed by atoms with van der Waals surface area (Å²) < 4.78 is 2.42.